The standard InChI is InChI=1S/C13H14BrN3O2/c1-3-17-12(10-6-5-9(14)8-15-10)7-11(16-17)13(18)19-4-2/h5-8H,3-4H2,1-2H3. The molecule has 0 radical (unpaired) electrons. The predicted octanol–water partition coefficient (Wildman–Crippen LogP) is 2.90. The van der Waals surface area contributed by atoms with Crippen LogP contribution < -0.4 is 0 Å². The summed E-state index contributed by atoms with van der Waals surface area (Å²) in [5.41, 5.74) is 1.88. The smallest absolute Gasteiger partial charge is 0.358 e. The van der Waals surface area contributed by atoms with Gasteiger partial charge in [0.05, 0.1) is 18.0 Å². The number of nitrogens with zero attached hydrogens (tertiary/aromatic N) is 3. The SMILES string of the molecule is CCOC(=O)c1cc(-c2ccc(Br)cn2)n(CC)n1. The maximum atomic E-state index is 11.7. The van der Waals surface area contributed by atoms with Gasteiger partial charge in [-0.2, -0.15) is 5.10 Å². The quantitative estimate of drug-likeness (QED) is 0.812. The van der Waals surface area contributed by atoms with E-state index in [2.05, 4.69) is 26.0 Å². The fourth-order valence-electron chi connectivity index (χ4n) is 1.70. The molecule has 5 nitrogen and oxygen atoms in total. The Morgan fingerprint density at radius 1 is 1.42 bits per heavy atom. The number of ether oxygens (including phenoxy) is 1. The van der Waals surface area contributed by atoms with Gasteiger partial charge in [-0.25, -0.2) is 4.79 Å². The highest BCUT2D eigenvalue weighted by Gasteiger charge is 2.16. The van der Waals surface area contributed by atoms with E-state index in [0.29, 0.717) is 18.8 Å². The van der Waals surface area contributed by atoms with E-state index < -0.39 is 5.97 Å². The molecule has 2 aromatic heterocycles. The lowest BCUT2D eigenvalue weighted by atomic mass is 10.2. The molecule has 0 aromatic carbocycles. The molecule has 6 heteroatoms. The van der Waals surface area contributed by atoms with Crippen molar-refractivity contribution < 1.29 is 9.53 Å². The van der Waals surface area contributed by atoms with Crippen molar-refractivity contribution in [3.8, 4) is 11.4 Å². The number of carbonyl (C=O) groups excluding carboxylic acids is 1. The van der Waals surface area contributed by atoms with Crippen LogP contribution in [0.4, 0.5) is 0 Å². The van der Waals surface area contributed by atoms with Gasteiger partial charge < -0.3 is 4.74 Å². The molecule has 0 bridgehead atoms. The first kappa shape index (κ1) is 13.7. The Bertz CT molecular complexity index is 578. The number of aryl methyl sites for hydroxylation is 1. The molecule has 2 heterocycles. The minimum atomic E-state index is -0.409. The van der Waals surface area contributed by atoms with Crippen molar-refractivity contribution in [2.24, 2.45) is 0 Å². The first-order chi connectivity index (χ1) is 9.15. The third kappa shape index (κ3) is 3.01. The van der Waals surface area contributed by atoms with Gasteiger partial charge in [0, 0.05) is 23.3 Å². The van der Waals surface area contributed by atoms with E-state index in [1.165, 1.54) is 0 Å². The lowest BCUT2D eigenvalue weighted by molar-refractivity contribution is 0.0518. The molecule has 100 valence electrons. The average Bonchev–Trinajstić information content (AvgIpc) is 2.84. The number of rotatable bonds is 4. The lowest BCUT2D eigenvalue weighted by Crippen LogP contribution is -2.07. The fraction of sp³-hybridized carbons (Fsp3) is 0.308. The molecule has 0 spiro atoms. The number of pyridine rings is 1. The number of hydrogen-bond acceptors (Lipinski definition) is 4. The van der Waals surface area contributed by atoms with E-state index in [4.69, 9.17) is 4.74 Å². The second kappa shape index (κ2) is 5.97. The van der Waals surface area contributed by atoms with Crippen LogP contribution in [0, 0.1) is 0 Å². The largest absolute Gasteiger partial charge is 0.461 e. The van der Waals surface area contributed by atoms with Gasteiger partial charge in [-0.15, -0.1) is 0 Å². The molecule has 0 aliphatic heterocycles. The highest BCUT2D eigenvalue weighted by molar-refractivity contribution is 9.10. The minimum absolute atomic E-state index is 0.309. The number of aromatic nitrogens is 3. The third-order valence-corrected chi connectivity index (χ3v) is 3.02. The first-order valence-corrected chi connectivity index (χ1v) is 6.82. The Morgan fingerprint density at radius 3 is 2.79 bits per heavy atom. The Hall–Kier alpha value is -1.69. The summed E-state index contributed by atoms with van der Waals surface area (Å²) in [4.78, 5) is 16.0. The Balaban J connectivity index is 2.39. The van der Waals surface area contributed by atoms with E-state index in [1.54, 1.807) is 23.9 Å². The van der Waals surface area contributed by atoms with E-state index in [9.17, 15) is 4.79 Å². The van der Waals surface area contributed by atoms with Crippen LogP contribution in [0.3, 0.4) is 0 Å². The lowest BCUT2D eigenvalue weighted by Gasteiger charge is -2.03. The van der Waals surface area contributed by atoms with Crippen molar-refractivity contribution in [1.82, 2.24) is 14.8 Å². The molecule has 0 amide bonds. The molecule has 0 aliphatic carbocycles. The van der Waals surface area contributed by atoms with Gasteiger partial charge in [0.25, 0.3) is 0 Å². The molecule has 0 atom stereocenters. The zero-order chi connectivity index (χ0) is 13.8. The van der Waals surface area contributed by atoms with E-state index in [0.717, 1.165) is 15.9 Å². The number of carbonyl (C=O) groups is 1. The Morgan fingerprint density at radius 2 is 2.21 bits per heavy atom. The van der Waals surface area contributed by atoms with Crippen molar-refractivity contribution in [3.05, 3.63) is 34.6 Å². The van der Waals surface area contributed by atoms with Gasteiger partial charge >= 0.3 is 5.97 Å². The average molecular weight is 324 g/mol. The molecule has 0 aliphatic rings. The molecule has 0 saturated carbocycles. The molecular weight excluding hydrogens is 310 g/mol. The van der Waals surface area contributed by atoms with Crippen molar-refractivity contribution >= 4 is 21.9 Å². The van der Waals surface area contributed by atoms with Crippen LogP contribution in [0.2, 0.25) is 0 Å². The highest BCUT2D eigenvalue weighted by Crippen LogP contribution is 2.20. The predicted molar refractivity (Wildman–Crippen MR) is 74.8 cm³/mol. The minimum Gasteiger partial charge on any atom is -0.461 e. The van der Waals surface area contributed by atoms with E-state index >= 15 is 0 Å². The van der Waals surface area contributed by atoms with Gasteiger partial charge in [-0.3, -0.25) is 9.67 Å². The van der Waals surface area contributed by atoms with Crippen molar-refractivity contribution in [3.63, 3.8) is 0 Å². The summed E-state index contributed by atoms with van der Waals surface area (Å²) in [5.74, 6) is -0.409. The third-order valence-electron chi connectivity index (χ3n) is 2.55. The van der Waals surface area contributed by atoms with Crippen molar-refractivity contribution in [1.29, 1.82) is 0 Å². The molecule has 2 aromatic rings. The van der Waals surface area contributed by atoms with Gasteiger partial charge in [0.1, 0.15) is 0 Å². The summed E-state index contributed by atoms with van der Waals surface area (Å²) in [6.45, 7) is 4.73. The summed E-state index contributed by atoms with van der Waals surface area (Å²) in [7, 11) is 0. The normalized spacial score (nSPS) is 10.5. The van der Waals surface area contributed by atoms with Gasteiger partial charge in [-0.1, -0.05) is 0 Å². The van der Waals surface area contributed by atoms with Crippen LogP contribution in [-0.4, -0.2) is 27.3 Å². The molecule has 0 unspecified atom stereocenters. The summed E-state index contributed by atoms with van der Waals surface area (Å²) in [6, 6.07) is 5.49. The number of halogens is 1. The van der Waals surface area contributed by atoms with E-state index in [1.807, 2.05) is 19.1 Å². The summed E-state index contributed by atoms with van der Waals surface area (Å²) < 4.78 is 7.60. The van der Waals surface area contributed by atoms with Crippen molar-refractivity contribution in [2.45, 2.75) is 20.4 Å². The van der Waals surface area contributed by atoms with Gasteiger partial charge in [0.2, 0.25) is 0 Å². The van der Waals surface area contributed by atoms with Crippen LogP contribution in [0.1, 0.15) is 24.3 Å². The maximum absolute atomic E-state index is 11.7. The van der Waals surface area contributed by atoms with E-state index in [-0.39, 0.29) is 0 Å². The highest BCUT2D eigenvalue weighted by atomic mass is 79.9. The molecule has 0 N–H and O–H groups in total. The second-order valence-corrected chi connectivity index (χ2v) is 4.73. The zero-order valence-electron chi connectivity index (χ0n) is 10.8. The fourth-order valence-corrected chi connectivity index (χ4v) is 1.93. The van der Waals surface area contributed by atoms with Crippen LogP contribution in [0.15, 0.2) is 28.9 Å². The molecule has 0 saturated heterocycles. The van der Waals surface area contributed by atoms with Crippen LogP contribution in [0.5, 0.6) is 0 Å². The van der Waals surface area contributed by atoms with Crippen LogP contribution >= 0.6 is 15.9 Å². The Kier molecular flexibility index (Phi) is 4.31. The summed E-state index contributed by atoms with van der Waals surface area (Å²) in [6.07, 6.45) is 1.71. The number of esters is 1. The summed E-state index contributed by atoms with van der Waals surface area (Å²) in [5, 5.41) is 4.24. The van der Waals surface area contributed by atoms with Gasteiger partial charge in [-0.05, 0) is 41.9 Å². The topological polar surface area (TPSA) is 57.0 Å². The zero-order valence-corrected chi connectivity index (χ0v) is 12.3. The second-order valence-electron chi connectivity index (χ2n) is 3.81. The monoisotopic (exact) mass is 323 g/mol. The molecular formula is C13H14BrN3O2. The molecule has 2 rings (SSSR count). The summed E-state index contributed by atoms with van der Waals surface area (Å²) >= 11 is 3.34. The maximum Gasteiger partial charge on any atom is 0.358 e. The van der Waals surface area contributed by atoms with Crippen LogP contribution in [-0.2, 0) is 11.3 Å². The first-order valence-electron chi connectivity index (χ1n) is 6.02. The van der Waals surface area contributed by atoms with Crippen molar-refractivity contribution in [2.75, 3.05) is 6.61 Å². The van der Waals surface area contributed by atoms with Gasteiger partial charge in [0.15, 0.2) is 5.69 Å². The Labute approximate surface area is 119 Å². The number of hydrogen-bond donors (Lipinski definition) is 0. The molecule has 0 fully saturated rings. The van der Waals surface area contributed by atoms with Crippen LogP contribution in [0.25, 0.3) is 11.4 Å². The molecule has 19 heavy (non-hydrogen) atoms.